The molecule has 374 valence electrons. The zero-order valence-corrected chi connectivity index (χ0v) is 39.1. The molecule has 2 aromatic rings. The summed E-state index contributed by atoms with van der Waals surface area (Å²) in [6.45, 7) is -1.46. The first kappa shape index (κ1) is 52.7. The number of urea groups is 1. The summed E-state index contributed by atoms with van der Waals surface area (Å²) < 4.78 is 12.0. The number of hydrogen-bond donors (Lipinski definition) is 10. The number of benzene rings is 2. The fourth-order valence-corrected chi connectivity index (χ4v) is 10.5. The molecule has 21 heteroatoms. The minimum Gasteiger partial charge on any atom is -0.481 e. The number of allylic oxidation sites excluding steroid dienone is 1. The van der Waals surface area contributed by atoms with E-state index in [-0.39, 0.29) is 98.2 Å². The standard InChI is InChI=1S/C48H63N7O13S/c56-35-19-18-32(21-43(62)63)33(35)11-5-2-8-20-67-44-22-37(57)48(66,53-23-29-14-16-31(17-15-29)46(64)30-9-3-1-4-10-30)38(68-44)24-49-40(59)26-51-42(61)27-52-41(60)25-50-39(58)13-7-6-12-36-45-34(28-69-36)54-47(65)55-45/h1-5,9-10,14-17,32-34,36-38,44-45,53,57,66H,6-8,11-13,18-28H2,(H,49,59)(H,50,58)(H,51,61)(H,52,60)(H,62,63)(H2,54,55,65)/b5-2-/t32-,33-,34-,36-,37+,38+,44+,45-,48-/m0/s1. The Labute approximate surface area is 404 Å². The largest absolute Gasteiger partial charge is 0.481 e. The van der Waals surface area contributed by atoms with Gasteiger partial charge >= 0.3 is 12.0 Å². The van der Waals surface area contributed by atoms with Crippen LogP contribution in [-0.4, -0.2) is 143 Å². The highest BCUT2D eigenvalue weighted by atomic mass is 32.2. The Morgan fingerprint density at radius 1 is 0.855 bits per heavy atom. The molecule has 9 atom stereocenters. The predicted octanol–water partition coefficient (Wildman–Crippen LogP) is 0.785. The molecule has 0 unspecified atom stereocenters. The highest BCUT2D eigenvalue weighted by Crippen LogP contribution is 2.35. The van der Waals surface area contributed by atoms with Crippen LogP contribution in [0.5, 0.6) is 0 Å². The van der Waals surface area contributed by atoms with Gasteiger partial charge in [0, 0.05) is 66.8 Å². The van der Waals surface area contributed by atoms with E-state index in [4.69, 9.17) is 9.47 Å². The van der Waals surface area contributed by atoms with Gasteiger partial charge in [-0.05, 0) is 43.6 Å². The lowest BCUT2D eigenvalue weighted by Crippen LogP contribution is -2.69. The molecule has 1 aliphatic carbocycles. The van der Waals surface area contributed by atoms with Crippen molar-refractivity contribution in [3.63, 3.8) is 0 Å². The van der Waals surface area contributed by atoms with Crippen LogP contribution in [-0.2, 0) is 44.8 Å². The zero-order chi connectivity index (χ0) is 49.3. The first-order valence-corrected chi connectivity index (χ1v) is 24.5. The van der Waals surface area contributed by atoms with Gasteiger partial charge in [0.1, 0.15) is 18.0 Å². The van der Waals surface area contributed by atoms with E-state index in [0.29, 0.717) is 48.8 Å². The molecule has 20 nitrogen and oxygen atoms in total. The Morgan fingerprint density at radius 2 is 1.54 bits per heavy atom. The summed E-state index contributed by atoms with van der Waals surface area (Å²) >= 11 is 1.80. The molecule has 3 saturated heterocycles. The van der Waals surface area contributed by atoms with Crippen molar-refractivity contribution in [3.8, 4) is 0 Å². The van der Waals surface area contributed by atoms with Gasteiger partial charge < -0.3 is 56.7 Å². The number of fused-ring (bicyclic) bond motifs is 1. The number of unbranched alkanes of at least 4 members (excludes halogenated alkanes) is 1. The molecule has 69 heavy (non-hydrogen) atoms. The number of Topliss-reactive ketones (excluding diaryl/α,β-unsaturated/α-hetero) is 1. The second-order valence-electron chi connectivity index (χ2n) is 17.7. The number of thioether (sulfide) groups is 1. The van der Waals surface area contributed by atoms with Crippen LogP contribution in [0.25, 0.3) is 0 Å². The van der Waals surface area contributed by atoms with E-state index in [1.54, 1.807) is 60.3 Å². The summed E-state index contributed by atoms with van der Waals surface area (Å²) in [6.07, 6.45) is 3.95. The second kappa shape index (κ2) is 25.8. The van der Waals surface area contributed by atoms with E-state index in [0.717, 1.165) is 18.6 Å². The number of aliphatic carboxylic acids is 1. The van der Waals surface area contributed by atoms with Gasteiger partial charge in [-0.25, -0.2) is 4.79 Å². The van der Waals surface area contributed by atoms with Crippen LogP contribution in [0.3, 0.4) is 0 Å². The zero-order valence-electron chi connectivity index (χ0n) is 38.3. The van der Waals surface area contributed by atoms with Gasteiger partial charge in [-0.3, -0.25) is 38.9 Å². The molecular weight excluding hydrogens is 915 g/mol. The summed E-state index contributed by atoms with van der Waals surface area (Å²) in [4.78, 5) is 98.1. The molecule has 6 amide bonds. The number of carboxylic acids is 1. The van der Waals surface area contributed by atoms with Gasteiger partial charge in [0.25, 0.3) is 0 Å². The van der Waals surface area contributed by atoms with Gasteiger partial charge in [0.2, 0.25) is 23.6 Å². The average Bonchev–Trinajstić information content (AvgIpc) is 4.01. The summed E-state index contributed by atoms with van der Waals surface area (Å²) in [5, 5.41) is 51.5. The first-order valence-electron chi connectivity index (χ1n) is 23.4. The number of amides is 6. The molecular formula is C48H63N7O13S. The third kappa shape index (κ3) is 15.6. The lowest BCUT2D eigenvalue weighted by Gasteiger charge is -2.46. The average molecular weight is 978 g/mol. The number of ketones is 2. The van der Waals surface area contributed by atoms with Gasteiger partial charge in [-0.1, -0.05) is 73.2 Å². The molecule has 2 aromatic carbocycles. The molecule has 6 rings (SSSR count). The van der Waals surface area contributed by atoms with Gasteiger partial charge in [-0.15, -0.1) is 0 Å². The lowest BCUT2D eigenvalue weighted by molar-refractivity contribution is -0.293. The third-order valence-electron chi connectivity index (χ3n) is 12.8. The van der Waals surface area contributed by atoms with E-state index in [2.05, 4.69) is 37.2 Å². The van der Waals surface area contributed by atoms with Crippen LogP contribution in [0.2, 0.25) is 0 Å². The topological polar surface area (TPSA) is 300 Å². The van der Waals surface area contributed by atoms with E-state index < -0.39 is 61.0 Å². The summed E-state index contributed by atoms with van der Waals surface area (Å²) in [7, 11) is 0. The molecule has 4 aliphatic rings. The fraction of sp³-hybridized carbons (Fsp3) is 0.542. The van der Waals surface area contributed by atoms with Crippen molar-refractivity contribution in [1.82, 2.24) is 37.2 Å². The van der Waals surface area contributed by atoms with Crippen LogP contribution in [0.4, 0.5) is 4.79 Å². The Hall–Kier alpha value is -5.71. The summed E-state index contributed by atoms with van der Waals surface area (Å²) in [5.74, 6) is -2.97. The van der Waals surface area contributed by atoms with Crippen LogP contribution in [0.15, 0.2) is 66.7 Å². The molecule has 0 spiro atoms. The molecule has 0 bridgehead atoms. The Balaban J connectivity index is 0.931. The van der Waals surface area contributed by atoms with Crippen molar-refractivity contribution in [2.75, 3.05) is 38.5 Å². The van der Waals surface area contributed by atoms with Crippen molar-refractivity contribution in [3.05, 3.63) is 83.4 Å². The molecule has 1 saturated carbocycles. The number of carboxylic acid groups (broad SMARTS) is 1. The summed E-state index contributed by atoms with van der Waals surface area (Å²) in [5.41, 5.74) is -0.448. The Morgan fingerprint density at radius 3 is 2.25 bits per heavy atom. The van der Waals surface area contributed by atoms with Crippen molar-refractivity contribution < 1.29 is 63.1 Å². The van der Waals surface area contributed by atoms with Crippen molar-refractivity contribution in [2.45, 2.75) is 112 Å². The quantitative estimate of drug-likeness (QED) is 0.0205. The smallest absolute Gasteiger partial charge is 0.315 e. The monoisotopic (exact) mass is 977 g/mol. The number of nitrogens with one attached hydrogen (secondary N) is 7. The lowest BCUT2D eigenvalue weighted by atomic mass is 9.89. The Bertz CT molecular complexity index is 2160. The molecule has 10 N–H and O–H groups in total. The maximum atomic E-state index is 12.9. The number of rotatable bonds is 26. The maximum absolute atomic E-state index is 12.9. The number of carbonyl (C=O) groups excluding carboxylic acids is 7. The second-order valence-corrected chi connectivity index (χ2v) is 19.0. The molecule has 4 fully saturated rings. The number of ether oxygens (including phenoxy) is 2. The van der Waals surface area contributed by atoms with Crippen molar-refractivity contribution in [1.29, 1.82) is 0 Å². The van der Waals surface area contributed by atoms with Gasteiger partial charge in [0.15, 0.2) is 17.8 Å². The van der Waals surface area contributed by atoms with Crippen LogP contribution >= 0.6 is 11.8 Å². The number of aliphatic hydroxyl groups excluding tert-OH is 1. The van der Waals surface area contributed by atoms with E-state index >= 15 is 0 Å². The fourth-order valence-electron chi connectivity index (χ4n) is 8.93. The minimum absolute atomic E-state index is 0.0291. The SMILES string of the molecule is O=C(O)C[C@@H]1CCC(=O)[C@H]1C/C=C\CCO[C@H]1C[C@@H](O)[C@@](O)(NCc2ccc(C(=O)c3ccccc3)cc2)[C@@H](CNC(=O)CNC(=O)CNC(=O)CNC(=O)CCCC[C@@H]2SC[C@@H]3NC(=O)N[C@@H]32)O1. The molecule has 3 heterocycles. The van der Waals surface area contributed by atoms with Crippen LogP contribution in [0, 0.1) is 11.8 Å². The van der Waals surface area contributed by atoms with Crippen molar-refractivity contribution >= 4 is 59.0 Å². The third-order valence-corrected chi connectivity index (χ3v) is 14.3. The minimum atomic E-state index is -2.11. The predicted molar refractivity (Wildman–Crippen MR) is 251 cm³/mol. The van der Waals surface area contributed by atoms with Gasteiger partial charge in [0.05, 0.1) is 38.3 Å². The first-order chi connectivity index (χ1) is 33.2. The number of hydrogen-bond acceptors (Lipinski definition) is 14. The molecule has 3 aliphatic heterocycles. The Kier molecular flexibility index (Phi) is 19.7. The maximum Gasteiger partial charge on any atom is 0.315 e. The highest BCUT2D eigenvalue weighted by Gasteiger charge is 2.50. The van der Waals surface area contributed by atoms with E-state index in [1.165, 1.54) is 0 Å². The molecule has 0 radical (unpaired) electrons. The molecule has 0 aromatic heterocycles. The van der Waals surface area contributed by atoms with Crippen LogP contribution in [0.1, 0.15) is 85.7 Å². The van der Waals surface area contributed by atoms with Crippen molar-refractivity contribution in [2.24, 2.45) is 11.8 Å². The number of carbonyl (C=O) groups is 8. The van der Waals surface area contributed by atoms with E-state index in [9.17, 15) is 53.7 Å². The number of aliphatic hydroxyl groups is 2. The summed E-state index contributed by atoms with van der Waals surface area (Å²) in [6, 6.07) is 15.6. The van der Waals surface area contributed by atoms with Crippen LogP contribution < -0.4 is 37.2 Å². The highest BCUT2D eigenvalue weighted by molar-refractivity contribution is 8.00. The normalized spacial score (nSPS) is 26.2. The van der Waals surface area contributed by atoms with E-state index in [1.807, 2.05) is 18.2 Å². The van der Waals surface area contributed by atoms with Gasteiger partial charge in [-0.2, -0.15) is 11.8 Å².